The minimum atomic E-state index is -4.40. The van der Waals surface area contributed by atoms with Crippen molar-refractivity contribution in [1.29, 1.82) is 0 Å². The van der Waals surface area contributed by atoms with Gasteiger partial charge in [0.2, 0.25) is 0 Å². The molecule has 2 rings (SSSR count). The van der Waals surface area contributed by atoms with Crippen molar-refractivity contribution in [2.45, 2.75) is 12.6 Å². The molecule has 0 aliphatic carbocycles. The third-order valence-corrected chi connectivity index (χ3v) is 3.58. The Labute approximate surface area is 150 Å². The molecule has 5 nitrogen and oxygen atoms in total. The van der Waals surface area contributed by atoms with Gasteiger partial charge in [0, 0.05) is 18.4 Å². The number of hydrogen-bond acceptors (Lipinski definition) is 4. The second kappa shape index (κ2) is 8.66. The molecule has 0 saturated heterocycles. The quantitative estimate of drug-likeness (QED) is 0.734. The molecular formula is C18H21F3N4O. The van der Waals surface area contributed by atoms with E-state index in [0.717, 1.165) is 31.6 Å². The average molecular weight is 366 g/mol. The predicted molar refractivity (Wildman–Crippen MR) is 95.3 cm³/mol. The molecule has 0 atom stereocenters. The molecule has 0 unspecified atom stereocenters. The highest BCUT2D eigenvalue weighted by Crippen LogP contribution is 2.29. The third-order valence-electron chi connectivity index (χ3n) is 3.58. The molecule has 1 aromatic heterocycles. The van der Waals surface area contributed by atoms with E-state index in [1.54, 1.807) is 12.1 Å². The van der Waals surface area contributed by atoms with E-state index in [0.29, 0.717) is 11.4 Å². The van der Waals surface area contributed by atoms with Gasteiger partial charge in [-0.2, -0.15) is 13.2 Å². The van der Waals surface area contributed by atoms with Crippen LogP contribution >= 0.6 is 0 Å². The summed E-state index contributed by atoms with van der Waals surface area (Å²) in [6, 6.07) is 7.59. The van der Waals surface area contributed by atoms with Crippen molar-refractivity contribution in [3.8, 4) is 0 Å². The summed E-state index contributed by atoms with van der Waals surface area (Å²) in [6.07, 6.45) is -2.01. The maximum atomic E-state index is 12.5. The lowest BCUT2D eigenvalue weighted by molar-refractivity contribution is -0.137. The number of hydrogen-bond donors (Lipinski definition) is 2. The zero-order chi connectivity index (χ0) is 19.2. The van der Waals surface area contributed by atoms with E-state index < -0.39 is 17.6 Å². The molecular weight excluding hydrogens is 345 g/mol. The van der Waals surface area contributed by atoms with Crippen molar-refractivity contribution in [3.63, 3.8) is 0 Å². The van der Waals surface area contributed by atoms with Crippen LogP contribution in [0.15, 0.2) is 42.6 Å². The normalized spacial score (nSPS) is 11.5. The van der Waals surface area contributed by atoms with Crippen LogP contribution in [-0.4, -0.2) is 43.0 Å². The summed E-state index contributed by atoms with van der Waals surface area (Å²) in [4.78, 5) is 18.4. The molecule has 140 valence electrons. The van der Waals surface area contributed by atoms with Gasteiger partial charge >= 0.3 is 6.18 Å². The largest absolute Gasteiger partial charge is 0.416 e. The van der Waals surface area contributed by atoms with E-state index in [1.165, 1.54) is 18.3 Å². The lowest BCUT2D eigenvalue weighted by Crippen LogP contribution is -2.17. The molecule has 2 N–H and O–H groups in total. The Morgan fingerprint density at radius 2 is 1.81 bits per heavy atom. The molecule has 0 aliphatic rings. The van der Waals surface area contributed by atoms with E-state index in [-0.39, 0.29) is 5.69 Å². The molecule has 2 aromatic rings. The number of aromatic nitrogens is 1. The number of carbonyl (C=O) groups is 1. The number of carbonyl (C=O) groups excluding carboxylic acids is 1. The van der Waals surface area contributed by atoms with E-state index in [1.807, 2.05) is 14.1 Å². The van der Waals surface area contributed by atoms with Crippen LogP contribution in [0.4, 0.5) is 24.7 Å². The highest BCUT2D eigenvalue weighted by molar-refractivity contribution is 6.04. The molecule has 1 amide bonds. The van der Waals surface area contributed by atoms with E-state index in [2.05, 4.69) is 20.5 Å². The minimum absolute atomic E-state index is 0.286. The van der Waals surface area contributed by atoms with Gasteiger partial charge < -0.3 is 15.5 Å². The number of anilines is 2. The van der Waals surface area contributed by atoms with Crippen LogP contribution in [0.5, 0.6) is 0 Å². The number of alkyl halides is 3. The molecule has 0 saturated carbocycles. The van der Waals surface area contributed by atoms with Gasteiger partial charge in [0.15, 0.2) is 0 Å². The van der Waals surface area contributed by atoms with Gasteiger partial charge in [-0.3, -0.25) is 4.79 Å². The Hall–Kier alpha value is -2.61. The standard InChI is InChI=1S/C18H21F3N4O/c1-25(2)11-3-10-22-16-9-4-13(12-23-16)17(26)24-15-7-5-14(6-8-15)18(19,20)21/h4-9,12H,3,10-11H2,1-2H3,(H,22,23)(H,24,26). The van der Waals surface area contributed by atoms with E-state index in [9.17, 15) is 18.0 Å². The van der Waals surface area contributed by atoms with Gasteiger partial charge in [-0.15, -0.1) is 0 Å². The van der Waals surface area contributed by atoms with Crippen LogP contribution in [0.25, 0.3) is 0 Å². The monoisotopic (exact) mass is 366 g/mol. The number of rotatable bonds is 7. The number of halogens is 3. The summed E-state index contributed by atoms with van der Waals surface area (Å²) in [7, 11) is 4.00. The molecule has 0 fully saturated rings. The van der Waals surface area contributed by atoms with Crippen LogP contribution in [0.2, 0.25) is 0 Å². The Bertz CT molecular complexity index is 713. The lowest BCUT2D eigenvalue weighted by atomic mass is 10.2. The van der Waals surface area contributed by atoms with E-state index in [4.69, 9.17) is 0 Å². The minimum Gasteiger partial charge on any atom is -0.370 e. The SMILES string of the molecule is CN(C)CCCNc1ccc(C(=O)Nc2ccc(C(F)(F)F)cc2)cn1. The molecule has 26 heavy (non-hydrogen) atoms. The van der Waals surface area contributed by atoms with Crippen molar-refractivity contribution in [3.05, 3.63) is 53.7 Å². The Balaban J connectivity index is 1.89. The van der Waals surface area contributed by atoms with Crippen molar-refractivity contribution in [2.24, 2.45) is 0 Å². The van der Waals surface area contributed by atoms with E-state index >= 15 is 0 Å². The van der Waals surface area contributed by atoms with Gasteiger partial charge in [-0.05, 0) is 63.5 Å². The average Bonchev–Trinajstić information content (AvgIpc) is 2.59. The Morgan fingerprint density at radius 1 is 1.12 bits per heavy atom. The molecule has 0 bridgehead atoms. The van der Waals surface area contributed by atoms with Crippen LogP contribution in [0.1, 0.15) is 22.3 Å². The molecule has 0 aliphatic heterocycles. The number of nitrogens with zero attached hydrogens (tertiary/aromatic N) is 2. The van der Waals surface area contributed by atoms with Gasteiger partial charge in [0.25, 0.3) is 5.91 Å². The summed E-state index contributed by atoms with van der Waals surface area (Å²) >= 11 is 0. The second-order valence-corrected chi connectivity index (χ2v) is 6.04. The zero-order valence-electron chi connectivity index (χ0n) is 14.6. The van der Waals surface area contributed by atoms with Crippen LogP contribution in [0, 0.1) is 0 Å². The number of pyridine rings is 1. The highest BCUT2D eigenvalue weighted by atomic mass is 19.4. The smallest absolute Gasteiger partial charge is 0.370 e. The molecule has 0 radical (unpaired) electrons. The number of nitrogens with one attached hydrogen (secondary N) is 2. The maximum Gasteiger partial charge on any atom is 0.416 e. The maximum absolute atomic E-state index is 12.5. The van der Waals surface area contributed by atoms with Gasteiger partial charge in [0.1, 0.15) is 5.82 Å². The molecule has 1 aromatic carbocycles. The van der Waals surface area contributed by atoms with Gasteiger partial charge in [-0.25, -0.2) is 4.98 Å². The van der Waals surface area contributed by atoms with Crippen LogP contribution < -0.4 is 10.6 Å². The van der Waals surface area contributed by atoms with Crippen molar-refractivity contribution >= 4 is 17.4 Å². The molecule has 8 heteroatoms. The lowest BCUT2D eigenvalue weighted by Gasteiger charge is -2.11. The molecule has 0 spiro atoms. The summed E-state index contributed by atoms with van der Waals surface area (Å²) in [5.41, 5.74) is -0.153. The summed E-state index contributed by atoms with van der Waals surface area (Å²) < 4.78 is 37.6. The predicted octanol–water partition coefficient (Wildman–Crippen LogP) is 3.72. The number of amides is 1. The molecule has 1 heterocycles. The van der Waals surface area contributed by atoms with Crippen LogP contribution in [0.3, 0.4) is 0 Å². The first kappa shape index (κ1) is 19.7. The Kier molecular flexibility index (Phi) is 6.57. The summed E-state index contributed by atoms with van der Waals surface area (Å²) in [5.74, 6) is 0.228. The summed E-state index contributed by atoms with van der Waals surface area (Å²) in [6.45, 7) is 1.73. The number of benzene rings is 1. The third kappa shape index (κ3) is 6.03. The van der Waals surface area contributed by atoms with Crippen molar-refractivity contribution < 1.29 is 18.0 Å². The fourth-order valence-electron chi connectivity index (χ4n) is 2.19. The summed E-state index contributed by atoms with van der Waals surface area (Å²) in [5, 5.41) is 5.71. The van der Waals surface area contributed by atoms with Gasteiger partial charge in [0.05, 0.1) is 11.1 Å². The topological polar surface area (TPSA) is 57.3 Å². The van der Waals surface area contributed by atoms with Gasteiger partial charge in [-0.1, -0.05) is 0 Å². The fraction of sp³-hybridized carbons (Fsp3) is 0.333. The zero-order valence-corrected chi connectivity index (χ0v) is 14.6. The highest BCUT2D eigenvalue weighted by Gasteiger charge is 2.29. The first-order valence-electron chi connectivity index (χ1n) is 8.09. The first-order valence-corrected chi connectivity index (χ1v) is 8.09. The van der Waals surface area contributed by atoms with Crippen LogP contribution in [-0.2, 0) is 6.18 Å². The first-order chi connectivity index (χ1) is 12.3. The Morgan fingerprint density at radius 3 is 2.35 bits per heavy atom. The fourth-order valence-corrected chi connectivity index (χ4v) is 2.19. The van der Waals surface area contributed by atoms with Crippen molar-refractivity contribution in [2.75, 3.05) is 37.8 Å². The van der Waals surface area contributed by atoms with Crippen molar-refractivity contribution in [1.82, 2.24) is 9.88 Å². The second-order valence-electron chi connectivity index (χ2n) is 6.04.